The van der Waals surface area contributed by atoms with Crippen LogP contribution >= 0.6 is 11.6 Å². The summed E-state index contributed by atoms with van der Waals surface area (Å²) in [4.78, 5) is 0. The SMILES string of the molecule is CC(C)c1cccc(CC(C)c2cccc(Cl)c2)c1F. The summed E-state index contributed by atoms with van der Waals surface area (Å²) in [6.07, 6.45) is 0.687. The molecule has 2 aromatic rings. The second kappa shape index (κ2) is 6.41. The van der Waals surface area contributed by atoms with Crippen LogP contribution in [0.25, 0.3) is 0 Å². The minimum absolute atomic E-state index is 0.0589. The number of hydrogen-bond acceptors (Lipinski definition) is 0. The standard InChI is InChI=1S/C18H20ClF/c1-12(2)17-9-5-7-15(18(17)20)10-13(3)14-6-4-8-16(19)11-14/h4-9,11-13H,10H2,1-3H3. The van der Waals surface area contributed by atoms with E-state index in [4.69, 9.17) is 11.6 Å². The monoisotopic (exact) mass is 290 g/mol. The lowest BCUT2D eigenvalue weighted by Crippen LogP contribution is -2.03. The lowest BCUT2D eigenvalue weighted by molar-refractivity contribution is 0.573. The van der Waals surface area contributed by atoms with Crippen LogP contribution in [0.5, 0.6) is 0 Å². The van der Waals surface area contributed by atoms with Gasteiger partial charge in [0.25, 0.3) is 0 Å². The van der Waals surface area contributed by atoms with Crippen molar-refractivity contribution >= 4 is 11.6 Å². The summed E-state index contributed by atoms with van der Waals surface area (Å²) in [5.74, 6) is 0.387. The molecule has 1 atom stereocenters. The lowest BCUT2D eigenvalue weighted by atomic mass is 9.91. The third-order valence-electron chi connectivity index (χ3n) is 3.67. The zero-order valence-corrected chi connectivity index (χ0v) is 12.9. The summed E-state index contributed by atoms with van der Waals surface area (Å²) in [5.41, 5.74) is 2.72. The minimum Gasteiger partial charge on any atom is -0.206 e. The first-order valence-electron chi connectivity index (χ1n) is 7.01. The van der Waals surface area contributed by atoms with Gasteiger partial charge in [0.2, 0.25) is 0 Å². The number of halogens is 2. The molecule has 0 aromatic heterocycles. The Morgan fingerprint density at radius 3 is 2.40 bits per heavy atom. The van der Waals surface area contributed by atoms with Crippen LogP contribution in [0.15, 0.2) is 42.5 Å². The van der Waals surface area contributed by atoms with Gasteiger partial charge in [-0.1, -0.05) is 62.7 Å². The Morgan fingerprint density at radius 1 is 1.05 bits per heavy atom. The van der Waals surface area contributed by atoms with Gasteiger partial charge in [-0.25, -0.2) is 4.39 Å². The second-order valence-electron chi connectivity index (χ2n) is 5.64. The number of hydrogen-bond donors (Lipinski definition) is 0. The third-order valence-corrected chi connectivity index (χ3v) is 3.91. The van der Waals surface area contributed by atoms with Crippen molar-refractivity contribution < 1.29 is 4.39 Å². The van der Waals surface area contributed by atoms with E-state index in [-0.39, 0.29) is 17.7 Å². The molecule has 0 N–H and O–H groups in total. The number of benzene rings is 2. The zero-order chi connectivity index (χ0) is 14.7. The van der Waals surface area contributed by atoms with Gasteiger partial charge >= 0.3 is 0 Å². The Hall–Kier alpha value is -1.34. The molecule has 0 fully saturated rings. The van der Waals surface area contributed by atoms with Crippen LogP contribution in [-0.2, 0) is 6.42 Å². The Balaban J connectivity index is 2.24. The average Bonchev–Trinajstić information content (AvgIpc) is 2.40. The molecule has 0 heterocycles. The summed E-state index contributed by atoms with van der Waals surface area (Å²) < 4.78 is 14.5. The first kappa shape index (κ1) is 15.1. The molecule has 0 aliphatic carbocycles. The second-order valence-corrected chi connectivity index (χ2v) is 6.07. The van der Waals surface area contributed by atoms with Crippen LogP contribution in [0.3, 0.4) is 0 Å². The first-order chi connectivity index (χ1) is 9.49. The van der Waals surface area contributed by atoms with E-state index in [1.165, 1.54) is 0 Å². The summed E-state index contributed by atoms with van der Waals surface area (Å²) in [5, 5.41) is 0.728. The van der Waals surface area contributed by atoms with Crippen molar-refractivity contribution in [3.63, 3.8) is 0 Å². The van der Waals surface area contributed by atoms with E-state index in [9.17, 15) is 4.39 Å². The third kappa shape index (κ3) is 3.40. The van der Waals surface area contributed by atoms with Gasteiger partial charge in [0.1, 0.15) is 5.82 Å². The van der Waals surface area contributed by atoms with E-state index in [1.54, 1.807) is 0 Å². The highest BCUT2D eigenvalue weighted by atomic mass is 35.5. The molecule has 0 radical (unpaired) electrons. The quantitative estimate of drug-likeness (QED) is 0.653. The molecule has 0 nitrogen and oxygen atoms in total. The van der Waals surface area contributed by atoms with Crippen molar-refractivity contribution in [3.05, 3.63) is 70.0 Å². The first-order valence-corrected chi connectivity index (χ1v) is 7.39. The smallest absolute Gasteiger partial charge is 0.129 e. The molecule has 106 valence electrons. The molecule has 0 aliphatic rings. The molecule has 1 unspecified atom stereocenters. The fourth-order valence-corrected chi connectivity index (χ4v) is 2.66. The summed E-state index contributed by atoms with van der Waals surface area (Å²) >= 11 is 6.02. The molecule has 0 amide bonds. The normalized spacial score (nSPS) is 12.7. The van der Waals surface area contributed by atoms with Crippen LogP contribution in [0, 0.1) is 5.82 Å². The maximum absolute atomic E-state index is 14.5. The highest BCUT2D eigenvalue weighted by Gasteiger charge is 2.14. The van der Waals surface area contributed by atoms with Crippen molar-refractivity contribution in [1.29, 1.82) is 0 Å². The van der Waals surface area contributed by atoms with Crippen LogP contribution in [0.2, 0.25) is 5.02 Å². The Bertz CT molecular complexity index is 590. The van der Waals surface area contributed by atoms with Crippen molar-refractivity contribution in [3.8, 4) is 0 Å². The summed E-state index contributed by atoms with van der Waals surface area (Å²) in [6, 6.07) is 13.5. The summed E-state index contributed by atoms with van der Waals surface area (Å²) in [7, 11) is 0. The van der Waals surface area contributed by atoms with Crippen LogP contribution in [-0.4, -0.2) is 0 Å². The van der Waals surface area contributed by atoms with Gasteiger partial charge < -0.3 is 0 Å². The summed E-state index contributed by atoms with van der Waals surface area (Å²) in [6.45, 7) is 6.14. The van der Waals surface area contributed by atoms with Gasteiger partial charge in [0, 0.05) is 5.02 Å². The highest BCUT2D eigenvalue weighted by molar-refractivity contribution is 6.30. The Kier molecular flexibility index (Phi) is 4.82. The zero-order valence-electron chi connectivity index (χ0n) is 12.2. The van der Waals surface area contributed by atoms with E-state index >= 15 is 0 Å². The van der Waals surface area contributed by atoms with Crippen molar-refractivity contribution in [2.75, 3.05) is 0 Å². The van der Waals surface area contributed by atoms with E-state index in [0.717, 1.165) is 21.7 Å². The maximum Gasteiger partial charge on any atom is 0.129 e. The van der Waals surface area contributed by atoms with Gasteiger partial charge in [0.15, 0.2) is 0 Å². The molecular formula is C18H20ClF. The fraction of sp³-hybridized carbons (Fsp3) is 0.333. The molecule has 0 saturated carbocycles. The molecule has 2 heteroatoms. The number of rotatable bonds is 4. The predicted octanol–water partition coefficient (Wildman–Crippen LogP) is 5.95. The van der Waals surface area contributed by atoms with Gasteiger partial charge in [-0.05, 0) is 47.1 Å². The highest BCUT2D eigenvalue weighted by Crippen LogP contribution is 2.27. The predicted molar refractivity (Wildman–Crippen MR) is 84.1 cm³/mol. The minimum atomic E-state index is -0.0589. The van der Waals surface area contributed by atoms with E-state index in [1.807, 2.05) is 56.3 Å². The molecule has 0 saturated heterocycles. The Morgan fingerprint density at radius 2 is 1.75 bits per heavy atom. The average molecular weight is 291 g/mol. The molecule has 0 aliphatic heterocycles. The van der Waals surface area contributed by atoms with Crippen LogP contribution < -0.4 is 0 Å². The molecule has 2 rings (SSSR count). The fourth-order valence-electron chi connectivity index (χ4n) is 2.46. The molecule has 0 spiro atoms. The van der Waals surface area contributed by atoms with E-state index < -0.39 is 0 Å². The van der Waals surface area contributed by atoms with Gasteiger partial charge in [-0.15, -0.1) is 0 Å². The largest absolute Gasteiger partial charge is 0.206 e. The lowest BCUT2D eigenvalue weighted by Gasteiger charge is -2.15. The van der Waals surface area contributed by atoms with Crippen molar-refractivity contribution in [2.45, 2.75) is 39.0 Å². The van der Waals surface area contributed by atoms with Gasteiger partial charge in [0.05, 0.1) is 0 Å². The molecule has 20 heavy (non-hydrogen) atoms. The molecule has 2 aromatic carbocycles. The van der Waals surface area contributed by atoms with Gasteiger partial charge in [-0.2, -0.15) is 0 Å². The van der Waals surface area contributed by atoms with E-state index in [2.05, 4.69) is 6.92 Å². The Labute approximate surface area is 125 Å². The van der Waals surface area contributed by atoms with Crippen molar-refractivity contribution in [2.24, 2.45) is 0 Å². The maximum atomic E-state index is 14.5. The van der Waals surface area contributed by atoms with Crippen LogP contribution in [0.1, 0.15) is 49.3 Å². The van der Waals surface area contributed by atoms with Crippen LogP contribution in [0.4, 0.5) is 4.39 Å². The topological polar surface area (TPSA) is 0 Å². The van der Waals surface area contributed by atoms with Crippen molar-refractivity contribution in [1.82, 2.24) is 0 Å². The molecule has 0 bridgehead atoms. The molecular weight excluding hydrogens is 271 g/mol. The van der Waals surface area contributed by atoms with Gasteiger partial charge in [-0.3, -0.25) is 0 Å². The van der Waals surface area contributed by atoms with E-state index in [0.29, 0.717) is 6.42 Å².